The van der Waals surface area contributed by atoms with Gasteiger partial charge in [-0.1, -0.05) is 194 Å². The quantitative estimate of drug-likeness (QED) is 0.166. The maximum absolute atomic E-state index is 7.06. The molecule has 0 saturated carbocycles. The van der Waals surface area contributed by atoms with Crippen LogP contribution in [0, 0.1) is 0 Å². The average Bonchev–Trinajstić information content (AvgIpc) is 3.99. The van der Waals surface area contributed by atoms with E-state index in [9.17, 15) is 0 Å². The largest absolute Gasteiger partial charge is 0.456 e. The predicted octanol–water partition coefficient (Wildman–Crippen LogP) is 18.8. The lowest BCUT2D eigenvalue weighted by molar-refractivity contribution is 0.664. The molecule has 0 bridgehead atoms. The van der Waals surface area contributed by atoms with Crippen LogP contribution in [0.1, 0.15) is 22.3 Å². The van der Waals surface area contributed by atoms with Crippen LogP contribution in [0.25, 0.3) is 99.5 Å². The van der Waals surface area contributed by atoms with Crippen molar-refractivity contribution in [1.82, 2.24) is 0 Å². The highest BCUT2D eigenvalue weighted by Crippen LogP contribution is 2.48. The molecule has 334 valence electrons. The van der Waals surface area contributed by atoms with Gasteiger partial charge in [-0.05, 0) is 140 Å². The zero-order chi connectivity index (χ0) is 46.8. The lowest BCUT2D eigenvalue weighted by Crippen LogP contribution is -2.11. The molecule has 1 aliphatic carbocycles. The minimum Gasteiger partial charge on any atom is -0.456 e. The molecule has 0 unspecified atom stereocenters. The molecule has 14 rings (SSSR count). The van der Waals surface area contributed by atoms with E-state index in [1.165, 1.54) is 61.2 Å². The molecule has 2 heterocycles. The van der Waals surface area contributed by atoms with Crippen LogP contribution >= 0.6 is 0 Å². The summed E-state index contributed by atoms with van der Waals surface area (Å²) in [6.45, 7) is 0. The van der Waals surface area contributed by atoms with Crippen molar-refractivity contribution in [3.8, 4) is 55.6 Å². The average molecular weight is 908 g/mol. The maximum Gasteiger partial charge on any atom is 0.144 e. The minimum absolute atomic E-state index is 0.772. The normalized spacial score (nSPS) is 12.1. The summed E-state index contributed by atoms with van der Waals surface area (Å²) < 4.78 is 13.8. The SMILES string of the molecule is c1ccc(-c2ccc(-c3c4oc5ccc(N(c6cccc(-c7ccccc7)c6)c6ccc7c(c6)Cc6ccccc6-c6ccccc6Cc6ccccc6-7)cc5c4cc4oc5ccccc5c34)cc2)cc1. The van der Waals surface area contributed by atoms with Crippen LogP contribution in [0.2, 0.25) is 0 Å². The van der Waals surface area contributed by atoms with E-state index in [1.807, 2.05) is 6.07 Å². The Bertz CT molecular complexity index is 4160. The van der Waals surface area contributed by atoms with E-state index in [1.54, 1.807) is 0 Å². The van der Waals surface area contributed by atoms with Crippen molar-refractivity contribution < 1.29 is 8.83 Å². The fourth-order valence-corrected chi connectivity index (χ4v) is 11.2. The number of benzene rings is 11. The van der Waals surface area contributed by atoms with Crippen molar-refractivity contribution in [2.24, 2.45) is 0 Å². The molecule has 71 heavy (non-hydrogen) atoms. The molecule has 0 saturated heterocycles. The van der Waals surface area contributed by atoms with Crippen molar-refractivity contribution in [3.63, 3.8) is 0 Å². The summed E-state index contributed by atoms with van der Waals surface area (Å²) in [5.41, 5.74) is 23.6. The van der Waals surface area contributed by atoms with Crippen molar-refractivity contribution in [2.75, 3.05) is 4.90 Å². The Morgan fingerprint density at radius 3 is 1.49 bits per heavy atom. The molecule has 3 heteroatoms. The topological polar surface area (TPSA) is 29.5 Å². The molecule has 0 fully saturated rings. The van der Waals surface area contributed by atoms with Crippen molar-refractivity contribution in [2.45, 2.75) is 12.8 Å². The molecule has 0 atom stereocenters. The van der Waals surface area contributed by atoms with Gasteiger partial charge in [0.25, 0.3) is 0 Å². The van der Waals surface area contributed by atoms with Crippen LogP contribution in [0.4, 0.5) is 17.1 Å². The summed E-state index contributed by atoms with van der Waals surface area (Å²) in [7, 11) is 0. The Hall–Kier alpha value is -9.18. The van der Waals surface area contributed by atoms with E-state index < -0.39 is 0 Å². The molecule has 3 nitrogen and oxygen atoms in total. The number of para-hydroxylation sites is 1. The summed E-state index contributed by atoms with van der Waals surface area (Å²) >= 11 is 0. The lowest BCUT2D eigenvalue weighted by atomic mass is 9.84. The third-order valence-corrected chi connectivity index (χ3v) is 14.6. The number of anilines is 3. The molecule has 13 aromatic rings. The van der Waals surface area contributed by atoms with Gasteiger partial charge >= 0.3 is 0 Å². The monoisotopic (exact) mass is 907 g/mol. The van der Waals surface area contributed by atoms with Gasteiger partial charge in [0.1, 0.15) is 22.3 Å². The second-order valence-corrected chi connectivity index (χ2v) is 18.7. The van der Waals surface area contributed by atoms with Gasteiger partial charge in [-0.15, -0.1) is 0 Å². The zero-order valence-electron chi connectivity index (χ0n) is 38.8. The third kappa shape index (κ3) is 7.05. The van der Waals surface area contributed by atoms with Crippen molar-refractivity contribution in [3.05, 3.63) is 271 Å². The number of furan rings is 2. The maximum atomic E-state index is 7.06. The molecule has 0 N–H and O–H groups in total. The van der Waals surface area contributed by atoms with Crippen LogP contribution < -0.4 is 4.90 Å². The van der Waals surface area contributed by atoms with Crippen molar-refractivity contribution in [1.29, 1.82) is 0 Å². The van der Waals surface area contributed by atoms with E-state index >= 15 is 0 Å². The van der Waals surface area contributed by atoms with Crippen LogP contribution in [0.3, 0.4) is 0 Å². The lowest BCUT2D eigenvalue weighted by Gasteiger charge is -2.28. The predicted molar refractivity (Wildman–Crippen MR) is 295 cm³/mol. The van der Waals surface area contributed by atoms with Gasteiger partial charge in [-0.2, -0.15) is 0 Å². The smallest absolute Gasteiger partial charge is 0.144 e. The zero-order valence-corrected chi connectivity index (χ0v) is 38.8. The first-order valence-electron chi connectivity index (χ1n) is 24.5. The van der Waals surface area contributed by atoms with E-state index in [2.05, 4.69) is 248 Å². The van der Waals surface area contributed by atoms with E-state index in [-0.39, 0.29) is 0 Å². The number of nitrogens with zero attached hydrogens (tertiary/aromatic N) is 1. The van der Waals surface area contributed by atoms with E-state index in [4.69, 9.17) is 8.83 Å². The van der Waals surface area contributed by atoms with Crippen LogP contribution in [-0.4, -0.2) is 0 Å². The van der Waals surface area contributed by atoms with Gasteiger partial charge in [0.05, 0.1) is 0 Å². The molecule has 11 aromatic carbocycles. The van der Waals surface area contributed by atoms with E-state index in [0.717, 1.165) is 90.5 Å². The molecular formula is C68H45NO2. The Labute approximate surface area is 412 Å². The Morgan fingerprint density at radius 1 is 0.282 bits per heavy atom. The van der Waals surface area contributed by atoms with E-state index in [0.29, 0.717) is 0 Å². The molecule has 0 spiro atoms. The first-order chi connectivity index (χ1) is 35.2. The highest BCUT2D eigenvalue weighted by atomic mass is 16.3. The van der Waals surface area contributed by atoms with Gasteiger partial charge < -0.3 is 13.7 Å². The molecule has 0 aliphatic heterocycles. The van der Waals surface area contributed by atoms with Crippen molar-refractivity contribution >= 4 is 60.9 Å². The Balaban J connectivity index is 0.982. The summed E-state index contributed by atoms with van der Waals surface area (Å²) in [6.07, 6.45) is 1.62. The number of hydrogen-bond acceptors (Lipinski definition) is 3. The molecule has 1 aliphatic rings. The molecule has 0 amide bonds. The van der Waals surface area contributed by atoms with Crippen LogP contribution in [0.5, 0.6) is 0 Å². The molecular weight excluding hydrogens is 863 g/mol. The second kappa shape index (κ2) is 16.8. The first kappa shape index (κ1) is 40.8. The van der Waals surface area contributed by atoms with Gasteiger partial charge in [0.2, 0.25) is 0 Å². The molecule has 0 radical (unpaired) electrons. The number of hydrogen-bond donors (Lipinski definition) is 0. The Kier molecular flexibility index (Phi) is 9.67. The third-order valence-electron chi connectivity index (χ3n) is 14.6. The van der Waals surface area contributed by atoms with Crippen LogP contribution in [0.15, 0.2) is 258 Å². The summed E-state index contributed by atoms with van der Waals surface area (Å²) in [5, 5.41) is 4.15. The van der Waals surface area contributed by atoms with Gasteiger partial charge in [-0.3, -0.25) is 0 Å². The number of rotatable bonds is 6. The summed E-state index contributed by atoms with van der Waals surface area (Å²) in [6, 6.07) is 90.1. The minimum atomic E-state index is 0.772. The molecule has 2 aromatic heterocycles. The second-order valence-electron chi connectivity index (χ2n) is 18.7. The van der Waals surface area contributed by atoms with Gasteiger partial charge in [-0.25, -0.2) is 0 Å². The fourth-order valence-electron chi connectivity index (χ4n) is 11.2. The highest BCUT2D eigenvalue weighted by molar-refractivity contribution is 6.23. The fraction of sp³-hybridized carbons (Fsp3) is 0.0294. The van der Waals surface area contributed by atoms with Crippen LogP contribution in [-0.2, 0) is 12.8 Å². The first-order valence-corrected chi connectivity index (χ1v) is 24.5. The van der Waals surface area contributed by atoms with Gasteiger partial charge in [0.15, 0.2) is 0 Å². The Morgan fingerprint density at radius 2 is 0.789 bits per heavy atom. The highest BCUT2D eigenvalue weighted by Gasteiger charge is 2.25. The summed E-state index contributed by atoms with van der Waals surface area (Å²) in [5.74, 6) is 0. The summed E-state index contributed by atoms with van der Waals surface area (Å²) in [4.78, 5) is 2.42. The number of fused-ring (bicyclic) bond motifs is 12. The standard InChI is InChI=1S/C68H45NO2/c1-3-16-44(17-4-1)46-30-32-47(33-31-46)66-67-60-28-13-14-29-63(60)70-65(67)43-62-61-42-55(35-37-64(61)71-68(62)66)69(53-24-15-23-48(40-53)45-18-5-2-6-19-45)54-34-36-59-52(41-54)39-51-22-9-11-26-57(51)56-25-10-7-20-49(56)38-50-21-8-12-27-58(50)59/h1-37,40-43H,38-39H2. The van der Waals surface area contributed by atoms with Gasteiger partial charge in [0, 0.05) is 44.2 Å².